The Morgan fingerprint density at radius 1 is 1.22 bits per heavy atom. The molecule has 1 aromatic carbocycles. The summed E-state index contributed by atoms with van der Waals surface area (Å²) in [4.78, 5) is 27.5. The smallest absolute Gasteiger partial charge is 0.243 e. The van der Waals surface area contributed by atoms with Crippen LogP contribution in [-0.2, 0) is 24.3 Å². The van der Waals surface area contributed by atoms with E-state index in [1.807, 2.05) is 34.6 Å². The second-order valence-electron chi connectivity index (χ2n) is 9.39. The molecule has 0 bridgehead atoms. The Hall–Kier alpha value is -2.04. The molecule has 0 unspecified atom stereocenters. The summed E-state index contributed by atoms with van der Waals surface area (Å²) in [6, 6.07) is 3.53. The average molecular weight is 472 g/mol. The standard InChI is InChI=1S/C22H34FN3O5S/c1-15(2)20(21(28)25-22(3,4)5)26(14-17-7-6-12-31-17)19(27)13-24-32(29,30)18-10-8-16(23)9-11-18/h8-11,15,17,20,24H,6-7,12-14H2,1-5H3,(H,25,28)/t17-,20+/m1/s1. The topological polar surface area (TPSA) is 105 Å². The monoisotopic (exact) mass is 471 g/mol. The van der Waals surface area contributed by atoms with Gasteiger partial charge in [0, 0.05) is 18.7 Å². The van der Waals surface area contributed by atoms with Crippen molar-refractivity contribution in [2.24, 2.45) is 5.92 Å². The normalized spacial score (nSPS) is 17.9. The molecule has 0 saturated carbocycles. The van der Waals surface area contributed by atoms with Crippen molar-refractivity contribution in [1.82, 2.24) is 14.9 Å². The number of nitrogens with zero attached hydrogens (tertiary/aromatic N) is 1. The van der Waals surface area contributed by atoms with Crippen LogP contribution >= 0.6 is 0 Å². The Morgan fingerprint density at radius 3 is 2.34 bits per heavy atom. The van der Waals surface area contributed by atoms with Crippen molar-refractivity contribution in [1.29, 1.82) is 0 Å². The molecule has 10 heteroatoms. The number of nitrogens with one attached hydrogen (secondary N) is 2. The molecule has 1 fully saturated rings. The third kappa shape index (κ3) is 7.53. The minimum Gasteiger partial charge on any atom is -0.376 e. The Morgan fingerprint density at radius 2 is 1.84 bits per heavy atom. The number of hydrogen-bond acceptors (Lipinski definition) is 5. The maximum atomic E-state index is 13.2. The number of rotatable bonds is 9. The van der Waals surface area contributed by atoms with Gasteiger partial charge < -0.3 is 15.0 Å². The first-order valence-corrected chi connectivity index (χ1v) is 12.3. The van der Waals surface area contributed by atoms with E-state index < -0.39 is 39.9 Å². The number of hydrogen-bond donors (Lipinski definition) is 2. The molecule has 1 aliphatic rings. The van der Waals surface area contributed by atoms with E-state index in [1.165, 1.54) is 4.90 Å². The first-order chi connectivity index (χ1) is 14.8. The van der Waals surface area contributed by atoms with E-state index >= 15 is 0 Å². The lowest BCUT2D eigenvalue weighted by Gasteiger charge is -2.36. The van der Waals surface area contributed by atoms with E-state index in [0.717, 1.165) is 37.1 Å². The molecule has 0 aliphatic carbocycles. The summed E-state index contributed by atoms with van der Waals surface area (Å²) in [5, 5.41) is 2.92. The highest BCUT2D eigenvalue weighted by molar-refractivity contribution is 7.89. The van der Waals surface area contributed by atoms with Gasteiger partial charge in [-0.2, -0.15) is 0 Å². The second-order valence-corrected chi connectivity index (χ2v) is 11.2. The number of carbonyl (C=O) groups is 2. The maximum absolute atomic E-state index is 13.2. The van der Waals surface area contributed by atoms with Gasteiger partial charge in [-0.1, -0.05) is 13.8 Å². The maximum Gasteiger partial charge on any atom is 0.243 e. The van der Waals surface area contributed by atoms with Crippen LogP contribution in [0.25, 0.3) is 0 Å². The van der Waals surface area contributed by atoms with Crippen molar-refractivity contribution in [3.8, 4) is 0 Å². The molecule has 0 spiro atoms. The van der Waals surface area contributed by atoms with Gasteiger partial charge in [0.15, 0.2) is 0 Å². The number of amides is 2. The predicted molar refractivity (Wildman–Crippen MR) is 119 cm³/mol. The van der Waals surface area contributed by atoms with Crippen LogP contribution in [0.1, 0.15) is 47.5 Å². The van der Waals surface area contributed by atoms with Gasteiger partial charge in [0.1, 0.15) is 11.9 Å². The molecule has 180 valence electrons. The zero-order valence-electron chi connectivity index (χ0n) is 19.4. The molecular weight excluding hydrogens is 437 g/mol. The van der Waals surface area contributed by atoms with Crippen LogP contribution in [0.4, 0.5) is 4.39 Å². The van der Waals surface area contributed by atoms with Gasteiger partial charge in [-0.15, -0.1) is 0 Å². The summed E-state index contributed by atoms with van der Waals surface area (Å²) in [5.74, 6) is -1.61. The summed E-state index contributed by atoms with van der Waals surface area (Å²) in [7, 11) is -4.02. The minimum absolute atomic E-state index is 0.150. The minimum atomic E-state index is -4.02. The van der Waals surface area contributed by atoms with Gasteiger partial charge >= 0.3 is 0 Å². The third-order valence-electron chi connectivity index (χ3n) is 5.02. The summed E-state index contributed by atoms with van der Waals surface area (Å²) in [5.41, 5.74) is -0.493. The third-order valence-corrected chi connectivity index (χ3v) is 6.43. The molecule has 2 atom stereocenters. The van der Waals surface area contributed by atoms with E-state index in [9.17, 15) is 22.4 Å². The van der Waals surface area contributed by atoms with Gasteiger partial charge in [0.2, 0.25) is 21.8 Å². The summed E-state index contributed by atoms with van der Waals surface area (Å²) >= 11 is 0. The molecule has 1 aromatic rings. The van der Waals surface area contributed by atoms with E-state index in [1.54, 1.807) is 0 Å². The first-order valence-electron chi connectivity index (χ1n) is 10.8. The molecule has 1 saturated heterocycles. The SMILES string of the molecule is CC(C)[C@@H](C(=O)NC(C)(C)C)N(C[C@H]1CCCO1)C(=O)CNS(=O)(=O)c1ccc(F)cc1. The van der Waals surface area contributed by atoms with Crippen molar-refractivity contribution in [2.75, 3.05) is 19.7 Å². The van der Waals surface area contributed by atoms with Crippen molar-refractivity contribution in [3.05, 3.63) is 30.1 Å². The van der Waals surface area contributed by atoms with Crippen molar-refractivity contribution < 1.29 is 27.1 Å². The van der Waals surface area contributed by atoms with Crippen LogP contribution in [0.5, 0.6) is 0 Å². The Labute approximate surface area is 189 Å². The summed E-state index contributed by atoms with van der Waals surface area (Å²) in [6.07, 6.45) is 1.41. The molecule has 1 aliphatic heterocycles. The largest absolute Gasteiger partial charge is 0.376 e. The Kier molecular flexibility index (Phi) is 8.78. The number of ether oxygens (including phenoxy) is 1. The van der Waals surface area contributed by atoms with Crippen molar-refractivity contribution >= 4 is 21.8 Å². The summed E-state index contributed by atoms with van der Waals surface area (Å²) < 4.78 is 46.1. The fourth-order valence-corrected chi connectivity index (χ4v) is 4.56. The molecule has 32 heavy (non-hydrogen) atoms. The van der Waals surface area contributed by atoms with Crippen LogP contribution in [0.3, 0.4) is 0 Å². The zero-order chi connectivity index (χ0) is 24.1. The number of sulfonamides is 1. The quantitative estimate of drug-likeness (QED) is 0.574. The van der Waals surface area contributed by atoms with Crippen LogP contribution in [-0.4, -0.2) is 62.5 Å². The molecule has 1 heterocycles. The molecule has 0 aromatic heterocycles. The lowest BCUT2D eigenvalue weighted by atomic mass is 9.98. The van der Waals surface area contributed by atoms with E-state index in [0.29, 0.717) is 6.61 Å². The van der Waals surface area contributed by atoms with Gasteiger partial charge in [0.05, 0.1) is 17.5 Å². The summed E-state index contributed by atoms with van der Waals surface area (Å²) in [6.45, 7) is 9.49. The molecule has 2 amide bonds. The highest BCUT2D eigenvalue weighted by atomic mass is 32.2. The van der Waals surface area contributed by atoms with E-state index in [-0.39, 0.29) is 29.4 Å². The molecular formula is C22H34FN3O5S. The molecule has 0 radical (unpaired) electrons. The fourth-order valence-electron chi connectivity index (χ4n) is 3.58. The number of carbonyl (C=O) groups excluding carboxylic acids is 2. The number of benzene rings is 1. The van der Waals surface area contributed by atoms with Gasteiger partial charge in [0.25, 0.3) is 0 Å². The van der Waals surface area contributed by atoms with Gasteiger partial charge in [-0.25, -0.2) is 17.5 Å². The van der Waals surface area contributed by atoms with Gasteiger partial charge in [-0.3, -0.25) is 9.59 Å². The van der Waals surface area contributed by atoms with Crippen LogP contribution in [0.2, 0.25) is 0 Å². The highest BCUT2D eigenvalue weighted by Gasteiger charge is 2.36. The molecule has 8 nitrogen and oxygen atoms in total. The van der Waals surface area contributed by atoms with Crippen LogP contribution in [0, 0.1) is 11.7 Å². The van der Waals surface area contributed by atoms with Crippen molar-refractivity contribution in [2.45, 2.75) is 70.0 Å². The van der Waals surface area contributed by atoms with Crippen molar-refractivity contribution in [3.63, 3.8) is 0 Å². The lowest BCUT2D eigenvalue weighted by molar-refractivity contribution is -0.143. The lowest BCUT2D eigenvalue weighted by Crippen LogP contribution is -2.58. The van der Waals surface area contributed by atoms with E-state index in [2.05, 4.69) is 10.0 Å². The predicted octanol–water partition coefficient (Wildman–Crippen LogP) is 2.05. The number of halogens is 1. The van der Waals surface area contributed by atoms with Gasteiger partial charge in [-0.05, 0) is 63.8 Å². The molecule has 2 rings (SSSR count). The fraction of sp³-hybridized carbons (Fsp3) is 0.636. The Bertz CT molecular complexity index is 891. The second kappa shape index (κ2) is 10.7. The van der Waals surface area contributed by atoms with E-state index in [4.69, 9.17) is 4.74 Å². The average Bonchev–Trinajstić information content (AvgIpc) is 3.17. The van der Waals surface area contributed by atoms with Crippen LogP contribution in [0.15, 0.2) is 29.2 Å². The molecule has 2 N–H and O–H groups in total. The van der Waals surface area contributed by atoms with Crippen LogP contribution < -0.4 is 10.0 Å². The Balaban J connectivity index is 2.22. The highest BCUT2D eigenvalue weighted by Crippen LogP contribution is 2.19. The zero-order valence-corrected chi connectivity index (χ0v) is 20.2. The first kappa shape index (κ1) is 26.2.